The van der Waals surface area contributed by atoms with E-state index in [4.69, 9.17) is 28.4 Å². The summed E-state index contributed by atoms with van der Waals surface area (Å²) in [6, 6.07) is -0.989. The Morgan fingerprint density at radius 3 is 0.943 bits per heavy atom. The summed E-state index contributed by atoms with van der Waals surface area (Å²) >= 11 is 0. The number of ether oxygens (including phenoxy) is 6. The maximum Gasteiger partial charge on any atom is 0.220 e. The van der Waals surface area contributed by atoms with Crippen molar-refractivity contribution in [2.75, 3.05) is 26.4 Å². The number of aliphatic hydroxyl groups is 11. The molecule has 0 bridgehead atoms. The fourth-order valence-corrected chi connectivity index (χ4v) is 15.4. The number of rotatable bonds is 73. The number of carbonyl (C=O) groups is 1. The SMILES string of the molecule is CCCCCCCCCCCCCCCCCCCCCCCCCC/C=C/CC/C=C/C(O)C(COC1OC(CO)C(OC2OC(CO)C(OC3OC(CO)C(O)C(O)C3O)C(O)C2O)C(O)C1O)NC(=O)CCCCCCCCCCCCCCCCCCCCCCCCCCCCCCCCC. The summed E-state index contributed by atoms with van der Waals surface area (Å²) in [4.78, 5) is 13.5. The molecule has 19 heteroatoms. The van der Waals surface area contributed by atoms with E-state index in [1.807, 2.05) is 6.08 Å². The molecular weight excluding hydrogens is 1350 g/mol. The lowest BCUT2D eigenvalue weighted by molar-refractivity contribution is -0.379. The van der Waals surface area contributed by atoms with Crippen molar-refractivity contribution in [2.45, 2.75) is 497 Å². The first-order chi connectivity index (χ1) is 51.8. The number of allylic oxidation sites excluding steroid dienone is 3. The summed E-state index contributed by atoms with van der Waals surface area (Å²) in [6.07, 6.45) is 57.7. The molecule has 0 aromatic heterocycles. The second kappa shape index (κ2) is 67.7. The van der Waals surface area contributed by atoms with Crippen LogP contribution in [0.1, 0.15) is 393 Å². The molecule has 0 aliphatic carbocycles. The first kappa shape index (κ1) is 98.5. The molecule has 0 radical (unpaired) electrons. The van der Waals surface area contributed by atoms with Crippen molar-refractivity contribution in [1.29, 1.82) is 0 Å². The van der Waals surface area contributed by atoms with Gasteiger partial charge in [-0.25, -0.2) is 0 Å². The van der Waals surface area contributed by atoms with Crippen molar-refractivity contribution >= 4 is 5.91 Å². The van der Waals surface area contributed by atoms with Gasteiger partial charge in [-0.1, -0.05) is 378 Å². The van der Waals surface area contributed by atoms with Crippen molar-refractivity contribution in [3.05, 3.63) is 24.3 Å². The van der Waals surface area contributed by atoms with Gasteiger partial charge in [-0.05, 0) is 32.1 Å². The topological polar surface area (TPSA) is 307 Å². The van der Waals surface area contributed by atoms with Crippen LogP contribution in [-0.2, 0) is 33.2 Å². The van der Waals surface area contributed by atoms with Crippen LogP contribution in [0.25, 0.3) is 0 Å². The average Bonchev–Trinajstić information content (AvgIpc) is 0.781. The third-order valence-corrected chi connectivity index (χ3v) is 22.5. The van der Waals surface area contributed by atoms with E-state index in [1.165, 1.54) is 321 Å². The molecule has 3 saturated heterocycles. The lowest BCUT2D eigenvalue weighted by Crippen LogP contribution is -2.66. The van der Waals surface area contributed by atoms with Gasteiger partial charge in [-0.15, -0.1) is 0 Å². The van der Waals surface area contributed by atoms with Crippen molar-refractivity contribution in [1.82, 2.24) is 5.32 Å². The molecule has 626 valence electrons. The summed E-state index contributed by atoms with van der Waals surface area (Å²) in [5.41, 5.74) is 0. The highest BCUT2D eigenvalue weighted by molar-refractivity contribution is 5.76. The molecule has 3 aliphatic heterocycles. The minimum absolute atomic E-state index is 0.241. The van der Waals surface area contributed by atoms with Gasteiger partial charge in [-0.2, -0.15) is 0 Å². The summed E-state index contributed by atoms with van der Waals surface area (Å²) in [5, 5.41) is 121. The van der Waals surface area contributed by atoms with E-state index >= 15 is 0 Å². The molecular formula is C87H165NO18. The first-order valence-corrected chi connectivity index (χ1v) is 44.6. The van der Waals surface area contributed by atoms with Crippen LogP contribution in [0.2, 0.25) is 0 Å². The van der Waals surface area contributed by atoms with Gasteiger partial charge >= 0.3 is 0 Å². The van der Waals surface area contributed by atoms with Gasteiger partial charge in [-0.3, -0.25) is 4.79 Å². The molecule has 19 nitrogen and oxygen atoms in total. The van der Waals surface area contributed by atoms with E-state index in [-0.39, 0.29) is 18.9 Å². The summed E-state index contributed by atoms with van der Waals surface area (Å²) in [5.74, 6) is -0.276. The standard InChI is InChI=1S/C87H165NO18/c1-3-5-7-9-11-13-15-17-19-21-23-25-27-29-31-33-35-37-39-41-43-45-47-49-51-53-55-57-59-61-63-65-75(93)88-70(71(92)64-62-60-58-56-54-52-50-48-46-44-42-40-38-36-34-32-30-28-26-24-22-20-18-16-14-12-10-8-6-4-2)69-101-85-81(99)78(96)83(73(67-90)103-85)106-87-82(100)79(97)84(74(68-91)104-87)105-86-80(98)77(95)76(94)72(66-89)102-86/h54,56,62,64,70-74,76-87,89-92,94-100H,3-53,55,57-61,63,65-69H2,1-2H3,(H,88,93)/b56-54+,64-62+. The predicted octanol–water partition coefficient (Wildman–Crippen LogP) is 16.5. The second-order valence-electron chi connectivity index (χ2n) is 32.1. The Morgan fingerprint density at radius 2 is 0.604 bits per heavy atom. The summed E-state index contributed by atoms with van der Waals surface area (Å²) in [6.45, 7) is 1.80. The highest BCUT2D eigenvalue weighted by atomic mass is 16.8. The Bertz CT molecular complexity index is 2000. The number of carbonyl (C=O) groups excluding carboxylic acids is 1. The van der Waals surface area contributed by atoms with Gasteiger partial charge in [0.1, 0.15) is 73.2 Å². The van der Waals surface area contributed by atoms with Gasteiger partial charge < -0.3 is 89.9 Å². The third kappa shape index (κ3) is 46.4. The zero-order valence-corrected chi connectivity index (χ0v) is 67.4. The number of hydrogen-bond acceptors (Lipinski definition) is 18. The number of aliphatic hydroxyl groups excluding tert-OH is 11. The van der Waals surface area contributed by atoms with E-state index in [9.17, 15) is 61.0 Å². The molecule has 3 fully saturated rings. The zero-order chi connectivity index (χ0) is 76.7. The molecule has 17 atom stereocenters. The maximum atomic E-state index is 13.5. The average molecular weight is 1510 g/mol. The van der Waals surface area contributed by atoms with Gasteiger partial charge in [0, 0.05) is 6.42 Å². The Morgan fingerprint density at radius 1 is 0.330 bits per heavy atom. The Kier molecular flexibility index (Phi) is 62.9. The van der Waals surface area contributed by atoms with Crippen LogP contribution in [0, 0.1) is 0 Å². The molecule has 3 heterocycles. The van der Waals surface area contributed by atoms with Crippen LogP contribution in [-0.4, -0.2) is 193 Å². The Balaban J connectivity index is 1.34. The predicted molar refractivity (Wildman–Crippen MR) is 425 cm³/mol. The smallest absolute Gasteiger partial charge is 0.220 e. The van der Waals surface area contributed by atoms with Crippen molar-refractivity contribution < 1.29 is 89.4 Å². The molecule has 12 N–H and O–H groups in total. The third-order valence-electron chi connectivity index (χ3n) is 22.5. The zero-order valence-electron chi connectivity index (χ0n) is 67.4. The minimum atomic E-state index is -1.98. The lowest BCUT2D eigenvalue weighted by Gasteiger charge is -2.48. The fourth-order valence-electron chi connectivity index (χ4n) is 15.4. The number of unbranched alkanes of at least 4 members (excludes halogenated alkanes) is 55. The van der Waals surface area contributed by atoms with Crippen molar-refractivity contribution in [3.8, 4) is 0 Å². The van der Waals surface area contributed by atoms with E-state index in [2.05, 4.69) is 31.3 Å². The van der Waals surface area contributed by atoms with E-state index in [1.54, 1.807) is 6.08 Å². The second-order valence-corrected chi connectivity index (χ2v) is 32.1. The van der Waals surface area contributed by atoms with Gasteiger partial charge in [0.25, 0.3) is 0 Å². The Hall–Kier alpha value is -1.73. The van der Waals surface area contributed by atoms with Crippen molar-refractivity contribution in [3.63, 3.8) is 0 Å². The summed E-state index contributed by atoms with van der Waals surface area (Å²) in [7, 11) is 0. The van der Waals surface area contributed by atoms with Gasteiger partial charge in [0.05, 0.1) is 38.6 Å². The highest BCUT2D eigenvalue weighted by Crippen LogP contribution is 2.34. The normalized spacial score (nSPS) is 25.7. The first-order valence-electron chi connectivity index (χ1n) is 44.6. The van der Waals surface area contributed by atoms with E-state index in [0.717, 1.165) is 38.5 Å². The van der Waals surface area contributed by atoms with Crippen LogP contribution in [0.4, 0.5) is 0 Å². The lowest BCUT2D eigenvalue weighted by atomic mass is 9.96. The highest BCUT2D eigenvalue weighted by Gasteiger charge is 2.54. The largest absolute Gasteiger partial charge is 0.394 e. The molecule has 0 aromatic rings. The van der Waals surface area contributed by atoms with Gasteiger partial charge in [0.2, 0.25) is 5.91 Å². The Labute approximate surface area is 645 Å². The monoisotopic (exact) mass is 1510 g/mol. The number of nitrogens with one attached hydrogen (secondary N) is 1. The van der Waals surface area contributed by atoms with E-state index < -0.39 is 124 Å². The number of hydrogen-bond donors (Lipinski definition) is 12. The molecule has 106 heavy (non-hydrogen) atoms. The van der Waals surface area contributed by atoms with E-state index in [0.29, 0.717) is 12.8 Å². The number of amides is 1. The molecule has 17 unspecified atom stereocenters. The quantitative estimate of drug-likeness (QED) is 0.0199. The van der Waals surface area contributed by atoms with Crippen molar-refractivity contribution in [2.24, 2.45) is 0 Å². The van der Waals surface area contributed by atoms with Crippen LogP contribution in [0.15, 0.2) is 24.3 Å². The van der Waals surface area contributed by atoms with Gasteiger partial charge in [0.15, 0.2) is 18.9 Å². The van der Waals surface area contributed by atoms with Crippen LogP contribution in [0.3, 0.4) is 0 Å². The van der Waals surface area contributed by atoms with Crippen LogP contribution >= 0.6 is 0 Å². The minimum Gasteiger partial charge on any atom is -0.394 e. The molecule has 3 aliphatic rings. The summed E-state index contributed by atoms with van der Waals surface area (Å²) < 4.78 is 34.5. The maximum absolute atomic E-state index is 13.5. The molecule has 3 rings (SSSR count). The van der Waals surface area contributed by atoms with Crippen LogP contribution < -0.4 is 5.32 Å². The molecule has 0 saturated carbocycles. The fraction of sp³-hybridized carbons (Fsp3) is 0.943. The molecule has 0 aromatic carbocycles. The molecule has 0 spiro atoms. The van der Waals surface area contributed by atoms with Crippen LogP contribution in [0.5, 0.6) is 0 Å². The molecule has 1 amide bonds.